The van der Waals surface area contributed by atoms with E-state index >= 15 is 0 Å². The average molecular weight is 354 g/mol. The molecular weight excluding hydrogens is 336 g/mol. The molecule has 4 heteroatoms. The van der Waals surface area contributed by atoms with Gasteiger partial charge >= 0.3 is 0 Å². The summed E-state index contributed by atoms with van der Waals surface area (Å²) in [6.45, 7) is 1.62. The Bertz CT molecular complexity index is 586. The molecule has 2 aromatic rings. The fourth-order valence-electron chi connectivity index (χ4n) is 2.31. The molecule has 0 amide bonds. The summed E-state index contributed by atoms with van der Waals surface area (Å²) in [4.78, 5) is 2.19. The van der Waals surface area contributed by atoms with E-state index in [4.69, 9.17) is 11.6 Å². The Balaban J connectivity index is 2.26. The molecule has 0 heterocycles. The van der Waals surface area contributed by atoms with Crippen LogP contribution in [-0.2, 0) is 13.1 Å². The van der Waals surface area contributed by atoms with Crippen LogP contribution in [-0.4, -0.2) is 14.1 Å². The van der Waals surface area contributed by atoms with E-state index in [0.717, 1.165) is 28.3 Å². The first-order chi connectivity index (χ1) is 9.61. The molecule has 0 fully saturated rings. The van der Waals surface area contributed by atoms with Crippen molar-refractivity contribution in [1.82, 2.24) is 5.32 Å². The summed E-state index contributed by atoms with van der Waals surface area (Å²) < 4.78 is 1.10. The molecule has 0 bridgehead atoms. The summed E-state index contributed by atoms with van der Waals surface area (Å²) >= 11 is 9.89. The minimum atomic E-state index is 0.787. The number of hydrogen-bond acceptors (Lipinski definition) is 2. The number of nitrogens with one attached hydrogen (secondary N) is 1. The van der Waals surface area contributed by atoms with Crippen molar-refractivity contribution in [2.75, 3.05) is 19.0 Å². The zero-order valence-electron chi connectivity index (χ0n) is 11.7. The number of rotatable bonds is 5. The molecule has 0 spiro atoms. The molecule has 0 saturated heterocycles. The van der Waals surface area contributed by atoms with Crippen molar-refractivity contribution in [3.05, 3.63) is 63.1 Å². The first kappa shape index (κ1) is 15.4. The van der Waals surface area contributed by atoms with Gasteiger partial charge < -0.3 is 10.2 Å². The van der Waals surface area contributed by atoms with Crippen LogP contribution in [0.15, 0.2) is 46.9 Å². The van der Waals surface area contributed by atoms with Crippen LogP contribution in [0.4, 0.5) is 5.69 Å². The van der Waals surface area contributed by atoms with Gasteiger partial charge in [-0.05, 0) is 36.4 Å². The topological polar surface area (TPSA) is 15.3 Å². The number of para-hydroxylation sites is 1. The molecule has 0 aromatic heterocycles. The molecule has 20 heavy (non-hydrogen) atoms. The summed E-state index contributed by atoms with van der Waals surface area (Å²) in [6, 6.07) is 14.4. The highest BCUT2D eigenvalue weighted by Gasteiger charge is 2.11. The maximum absolute atomic E-state index is 6.38. The Morgan fingerprint density at radius 2 is 1.95 bits per heavy atom. The predicted octanol–water partition coefficient (Wildman–Crippen LogP) is 4.46. The Hall–Kier alpha value is -1.03. The lowest BCUT2D eigenvalue weighted by Gasteiger charge is -2.24. The third-order valence-electron chi connectivity index (χ3n) is 3.13. The average Bonchev–Trinajstić information content (AvgIpc) is 2.39. The van der Waals surface area contributed by atoms with Crippen LogP contribution in [0.2, 0.25) is 5.02 Å². The SMILES string of the molecule is CNCc1cccc(Cl)c1N(C)Cc1cccc(Br)c1. The second kappa shape index (κ2) is 7.11. The van der Waals surface area contributed by atoms with Crippen LogP contribution in [0.25, 0.3) is 0 Å². The van der Waals surface area contributed by atoms with Gasteiger partial charge in [0.25, 0.3) is 0 Å². The van der Waals surface area contributed by atoms with Crippen molar-refractivity contribution >= 4 is 33.2 Å². The van der Waals surface area contributed by atoms with E-state index in [1.54, 1.807) is 0 Å². The summed E-state index contributed by atoms with van der Waals surface area (Å²) in [7, 11) is 4.01. The van der Waals surface area contributed by atoms with Crippen molar-refractivity contribution in [2.45, 2.75) is 13.1 Å². The molecule has 2 rings (SSSR count). The molecule has 2 nitrogen and oxygen atoms in total. The molecule has 0 saturated carbocycles. The van der Waals surface area contributed by atoms with E-state index in [2.05, 4.69) is 51.4 Å². The Morgan fingerprint density at radius 3 is 2.65 bits per heavy atom. The minimum absolute atomic E-state index is 0.787. The van der Waals surface area contributed by atoms with Gasteiger partial charge in [0.15, 0.2) is 0 Å². The largest absolute Gasteiger partial charge is 0.369 e. The van der Waals surface area contributed by atoms with Gasteiger partial charge in [-0.25, -0.2) is 0 Å². The van der Waals surface area contributed by atoms with E-state index in [1.807, 2.05) is 31.3 Å². The second-order valence-electron chi connectivity index (χ2n) is 4.76. The number of benzene rings is 2. The Labute approximate surface area is 133 Å². The molecule has 0 atom stereocenters. The first-order valence-corrected chi connectivity index (χ1v) is 7.66. The minimum Gasteiger partial charge on any atom is -0.369 e. The highest BCUT2D eigenvalue weighted by Crippen LogP contribution is 2.30. The summed E-state index contributed by atoms with van der Waals surface area (Å²) in [5.74, 6) is 0. The maximum atomic E-state index is 6.38. The quantitative estimate of drug-likeness (QED) is 0.854. The molecule has 0 aliphatic heterocycles. The van der Waals surface area contributed by atoms with Gasteiger partial charge in [-0.2, -0.15) is 0 Å². The number of nitrogens with zero attached hydrogens (tertiary/aromatic N) is 1. The van der Waals surface area contributed by atoms with Gasteiger partial charge in [0, 0.05) is 24.6 Å². The highest BCUT2D eigenvalue weighted by atomic mass is 79.9. The smallest absolute Gasteiger partial charge is 0.0642 e. The second-order valence-corrected chi connectivity index (χ2v) is 6.09. The molecule has 0 unspecified atom stereocenters. The normalized spacial score (nSPS) is 10.6. The van der Waals surface area contributed by atoms with Crippen molar-refractivity contribution in [2.24, 2.45) is 0 Å². The van der Waals surface area contributed by atoms with E-state index in [1.165, 1.54) is 11.1 Å². The van der Waals surface area contributed by atoms with Crippen LogP contribution in [0, 0.1) is 0 Å². The standard InChI is InChI=1S/C16H18BrClN2/c1-19-10-13-6-4-8-15(18)16(13)20(2)11-12-5-3-7-14(17)9-12/h3-9,19H,10-11H2,1-2H3. The van der Waals surface area contributed by atoms with Crippen LogP contribution < -0.4 is 10.2 Å². The van der Waals surface area contributed by atoms with Gasteiger partial charge in [-0.15, -0.1) is 0 Å². The maximum Gasteiger partial charge on any atom is 0.0642 e. The van der Waals surface area contributed by atoms with Gasteiger partial charge in [0.2, 0.25) is 0 Å². The zero-order chi connectivity index (χ0) is 14.5. The molecule has 0 radical (unpaired) electrons. The van der Waals surface area contributed by atoms with E-state index < -0.39 is 0 Å². The van der Waals surface area contributed by atoms with Crippen molar-refractivity contribution in [3.63, 3.8) is 0 Å². The van der Waals surface area contributed by atoms with E-state index in [9.17, 15) is 0 Å². The van der Waals surface area contributed by atoms with E-state index in [0.29, 0.717) is 0 Å². The number of anilines is 1. The monoisotopic (exact) mass is 352 g/mol. The fourth-order valence-corrected chi connectivity index (χ4v) is 3.09. The third-order valence-corrected chi connectivity index (χ3v) is 3.93. The van der Waals surface area contributed by atoms with Gasteiger partial charge in [0.05, 0.1) is 10.7 Å². The molecule has 0 aliphatic carbocycles. The summed E-state index contributed by atoms with van der Waals surface area (Å²) in [5.41, 5.74) is 3.54. The van der Waals surface area contributed by atoms with Crippen LogP contribution >= 0.6 is 27.5 Å². The van der Waals surface area contributed by atoms with Crippen molar-refractivity contribution < 1.29 is 0 Å². The number of hydrogen-bond donors (Lipinski definition) is 1. The lowest BCUT2D eigenvalue weighted by molar-refractivity contribution is 0.805. The van der Waals surface area contributed by atoms with Gasteiger partial charge in [-0.1, -0.05) is 51.8 Å². The first-order valence-electron chi connectivity index (χ1n) is 6.49. The highest BCUT2D eigenvalue weighted by molar-refractivity contribution is 9.10. The van der Waals surface area contributed by atoms with E-state index in [-0.39, 0.29) is 0 Å². The fraction of sp³-hybridized carbons (Fsp3) is 0.250. The molecule has 0 aliphatic rings. The predicted molar refractivity (Wildman–Crippen MR) is 90.5 cm³/mol. The Kier molecular flexibility index (Phi) is 5.46. The zero-order valence-corrected chi connectivity index (χ0v) is 14.0. The van der Waals surface area contributed by atoms with Crippen LogP contribution in [0.1, 0.15) is 11.1 Å². The Morgan fingerprint density at radius 1 is 1.20 bits per heavy atom. The molecule has 2 aromatic carbocycles. The third kappa shape index (κ3) is 3.75. The van der Waals surface area contributed by atoms with Gasteiger partial charge in [0.1, 0.15) is 0 Å². The molecule has 1 N–H and O–H groups in total. The summed E-state index contributed by atoms with van der Waals surface area (Å²) in [5, 5.41) is 3.97. The van der Waals surface area contributed by atoms with Crippen LogP contribution in [0.5, 0.6) is 0 Å². The van der Waals surface area contributed by atoms with Gasteiger partial charge in [-0.3, -0.25) is 0 Å². The molecule has 106 valence electrons. The summed E-state index contributed by atoms with van der Waals surface area (Å²) in [6.07, 6.45) is 0. The van der Waals surface area contributed by atoms with Crippen molar-refractivity contribution in [3.8, 4) is 0 Å². The molecular formula is C16H18BrClN2. The van der Waals surface area contributed by atoms with Crippen LogP contribution in [0.3, 0.4) is 0 Å². The lowest BCUT2D eigenvalue weighted by Crippen LogP contribution is -2.20. The van der Waals surface area contributed by atoms with Crippen molar-refractivity contribution in [1.29, 1.82) is 0 Å². The number of halogens is 2. The lowest BCUT2D eigenvalue weighted by atomic mass is 10.1.